The molecule has 3 aromatic rings. The van der Waals surface area contributed by atoms with Crippen LogP contribution in [0.4, 0.5) is 4.39 Å². The molecule has 0 spiro atoms. The summed E-state index contributed by atoms with van der Waals surface area (Å²) in [4.78, 5) is 11.8. The average molecular weight is 372 g/mol. The summed E-state index contributed by atoms with van der Waals surface area (Å²) in [6.45, 7) is 2.00. The van der Waals surface area contributed by atoms with E-state index in [1.165, 1.54) is 29.6 Å². The summed E-state index contributed by atoms with van der Waals surface area (Å²) in [7, 11) is 1.26. The number of ether oxygens (including phenoxy) is 1. The fourth-order valence-corrected chi connectivity index (χ4v) is 3.25. The van der Waals surface area contributed by atoms with Crippen molar-refractivity contribution in [3.05, 3.63) is 65.0 Å². The van der Waals surface area contributed by atoms with Crippen LogP contribution in [0.2, 0.25) is 0 Å². The molecule has 1 aromatic heterocycles. The maximum Gasteiger partial charge on any atom is 0.338 e. The first kappa shape index (κ1) is 17.9. The van der Waals surface area contributed by atoms with Gasteiger partial charge in [0.2, 0.25) is 5.16 Å². The van der Waals surface area contributed by atoms with Crippen molar-refractivity contribution in [1.29, 1.82) is 0 Å². The van der Waals surface area contributed by atoms with Crippen molar-refractivity contribution in [2.24, 2.45) is 0 Å². The molecule has 134 valence electrons. The van der Waals surface area contributed by atoms with Crippen LogP contribution < -0.4 is 5.84 Å². The lowest BCUT2D eigenvalue weighted by Crippen LogP contribution is -2.12. The Kier molecular flexibility index (Phi) is 5.22. The van der Waals surface area contributed by atoms with Gasteiger partial charge in [-0.05, 0) is 24.6 Å². The number of methoxy groups -OCH3 is 1. The molecule has 0 atom stereocenters. The number of nitrogen functional groups attached to an aromatic ring is 1. The summed E-state index contributed by atoms with van der Waals surface area (Å²) in [5.74, 6) is 5.93. The van der Waals surface area contributed by atoms with Crippen LogP contribution in [0.25, 0.3) is 11.4 Å². The number of nitrogens with two attached hydrogens (primary N) is 1. The summed E-state index contributed by atoms with van der Waals surface area (Å²) in [6, 6.07) is 11.8. The van der Waals surface area contributed by atoms with Gasteiger partial charge in [-0.1, -0.05) is 47.7 Å². The Hall–Kier alpha value is -2.87. The number of rotatable bonds is 5. The molecule has 26 heavy (non-hydrogen) atoms. The molecular weight excluding hydrogens is 355 g/mol. The minimum absolute atomic E-state index is 0.182. The van der Waals surface area contributed by atoms with Crippen LogP contribution in [0.1, 0.15) is 21.5 Å². The topological polar surface area (TPSA) is 83.0 Å². The Morgan fingerprint density at radius 3 is 2.65 bits per heavy atom. The number of hydrogen-bond acceptors (Lipinski definition) is 6. The monoisotopic (exact) mass is 372 g/mol. The van der Waals surface area contributed by atoms with E-state index in [1.54, 1.807) is 6.07 Å². The molecule has 0 saturated carbocycles. The fourth-order valence-electron chi connectivity index (χ4n) is 2.39. The van der Waals surface area contributed by atoms with Crippen LogP contribution in [-0.4, -0.2) is 28.0 Å². The van der Waals surface area contributed by atoms with Crippen LogP contribution in [0, 0.1) is 12.7 Å². The zero-order valence-electron chi connectivity index (χ0n) is 14.3. The number of hydrogen-bond donors (Lipinski definition) is 1. The van der Waals surface area contributed by atoms with Crippen LogP contribution in [-0.2, 0) is 10.5 Å². The SMILES string of the molecule is COC(=O)c1cc(F)ccc1CSc1nnc(-c2ccc(C)cc2)n1N. The lowest BCUT2D eigenvalue weighted by Gasteiger charge is -2.08. The number of thioether (sulfide) groups is 1. The molecule has 0 saturated heterocycles. The van der Waals surface area contributed by atoms with E-state index in [4.69, 9.17) is 10.6 Å². The molecule has 0 aliphatic carbocycles. The van der Waals surface area contributed by atoms with Crippen LogP contribution in [0.15, 0.2) is 47.6 Å². The third-order valence-corrected chi connectivity index (χ3v) is 4.80. The van der Waals surface area contributed by atoms with E-state index in [9.17, 15) is 9.18 Å². The molecule has 0 aliphatic rings. The average Bonchev–Trinajstić information content (AvgIpc) is 3.01. The van der Waals surface area contributed by atoms with Gasteiger partial charge in [-0.25, -0.2) is 13.9 Å². The predicted octanol–water partition coefficient (Wildman–Crippen LogP) is 3.19. The first-order chi connectivity index (χ1) is 12.5. The van der Waals surface area contributed by atoms with Crippen molar-refractivity contribution in [2.75, 3.05) is 13.0 Å². The van der Waals surface area contributed by atoms with Crippen LogP contribution in [0.5, 0.6) is 0 Å². The van der Waals surface area contributed by atoms with Gasteiger partial charge in [0.1, 0.15) is 5.82 Å². The number of esters is 1. The van der Waals surface area contributed by atoms with Crippen molar-refractivity contribution in [2.45, 2.75) is 17.8 Å². The Morgan fingerprint density at radius 1 is 1.23 bits per heavy atom. The minimum Gasteiger partial charge on any atom is -0.465 e. The van der Waals surface area contributed by atoms with E-state index >= 15 is 0 Å². The van der Waals surface area contributed by atoms with Gasteiger partial charge in [0.05, 0.1) is 12.7 Å². The molecular formula is C18H17FN4O2S. The number of halogens is 1. The van der Waals surface area contributed by atoms with Crippen molar-refractivity contribution < 1.29 is 13.9 Å². The maximum absolute atomic E-state index is 13.4. The second-order valence-corrected chi connectivity index (χ2v) is 6.57. The summed E-state index contributed by atoms with van der Waals surface area (Å²) in [5.41, 5.74) is 2.80. The standard InChI is InChI=1S/C18H17FN4O2S/c1-11-3-5-12(6-4-11)16-21-22-18(23(16)20)26-10-13-7-8-14(19)9-15(13)17(24)25-2/h3-9H,10,20H2,1-2H3. The van der Waals surface area contributed by atoms with Gasteiger partial charge >= 0.3 is 5.97 Å². The molecule has 3 rings (SSSR count). The highest BCUT2D eigenvalue weighted by molar-refractivity contribution is 7.98. The van der Waals surface area contributed by atoms with Crippen LogP contribution >= 0.6 is 11.8 Å². The lowest BCUT2D eigenvalue weighted by atomic mass is 10.1. The maximum atomic E-state index is 13.4. The fraction of sp³-hybridized carbons (Fsp3) is 0.167. The second-order valence-electron chi connectivity index (χ2n) is 5.62. The van der Waals surface area contributed by atoms with Crippen molar-refractivity contribution in [3.8, 4) is 11.4 Å². The zero-order chi connectivity index (χ0) is 18.7. The van der Waals surface area contributed by atoms with E-state index in [2.05, 4.69) is 10.2 Å². The molecule has 2 N–H and O–H groups in total. The molecule has 0 unspecified atom stereocenters. The van der Waals surface area contributed by atoms with Crippen molar-refractivity contribution >= 4 is 17.7 Å². The highest BCUT2D eigenvalue weighted by Crippen LogP contribution is 2.26. The van der Waals surface area contributed by atoms with Gasteiger partial charge in [0, 0.05) is 11.3 Å². The van der Waals surface area contributed by atoms with E-state index < -0.39 is 11.8 Å². The van der Waals surface area contributed by atoms with Gasteiger partial charge < -0.3 is 10.6 Å². The summed E-state index contributed by atoms with van der Waals surface area (Å²) in [6.07, 6.45) is 0. The molecule has 8 heteroatoms. The number of aryl methyl sites for hydroxylation is 1. The summed E-state index contributed by atoms with van der Waals surface area (Å²) >= 11 is 1.30. The van der Waals surface area contributed by atoms with Gasteiger partial charge in [-0.15, -0.1) is 10.2 Å². The van der Waals surface area contributed by atoms with Crippen molar-refractivity contribution in [1.82, 2.24) is 14.9 Å². The van der Waals surface area contributed by atoms with Gasteiger partial charge in [-0.3, -0.25) is 0 Å². The molecule has 0 bridgehead atoms. The van der Waals surface area contributed by atoms with Gasteiger partial charge in [0.25, 0.3) is 0 Å². The van der Waals surface area contributed by atoms with Crippen LogP contribution in [0.3, 0.4) is 0 Å². The second kappa shape index (κ2) is 7.57. The Balaban J connectivity index is 1.81. The first-order valence-electron chi connectivity index (χ1n) is 7.76. The molecule has 6 nitrogen and oxygen atoms in total. The first-order valence-corrected chi connectivity index (χ1v) is 8.75. The van der Waals surface area contributed by atoms with E-state index in [1.807, 2.05) is 31.2 Å². The molecule has 0 aliphatic heterocycles. The number of nitrogens with zero attached hydrogens (tertiary/aromatic N) is 3. The van der Waals surface area contributed by atoms with E-state index in [0.29, 0.717) is 22.3 Å². The molecule has 2 aromatic carbocycles. The number of benzene rings is 2. The molecule has 0 amide bonds. The third kappa shape index (κ3) is 3.70. The lowest BCUT2D eigenvalue weighted by molar-refractivity contribution is 0.0599. The van der Waals surface area contributed by atoms with Gasteiger partial charge in [-0.2, -0.15) is 0 Å². The Morgan fingerprint density at radius 2 is 1.96 bits per heavy atom. The highest BCUT2D eigenvalue weighted by Gasteiger charge is 2.16. The largest absolute Gasteiger partial charge is 0.465 e. The summed E-state index contributed by atoms with van der Waals surface area (Å²) in [5, 5.41) is 8.72. The smallest absolute Gasteiger partial charge is 0.338 e. The quantitative estimate of drug-likeness (QED) is 0.421. The molecule has 0 radical (unpaired) electrons. The normalized spacial score (nSPS) is 10.7. The number of carbonyl (C=O) groups excluding carboxylic acids is 1. The van der Waals surface area contributed by atoms with E-state index in [-0.39, 0.29) is 5.56 Å². The number of carbonyl (C=O) groups is 1. The number of aromatic nitrogens is 3. The Labute approximate surface area is 154 Å². The van der Waals surface area contributed by atoms with E-state index in [0.717, 1.165) is 17.2 Å². The minimum atomic E-state index is -0.588. The Bertz CT molecular complexity index is 941. The highest BCUT2D eigenvalue weighted by atomic mass is 32.2. The predicted molar refractivity (Wildman–Crippen MR) is 97.6 cm³/mol. The zero-order valence-corrected chi connectivity index (χ0v) is 15.1. The summed E-state index contributed by atoms with van der Waals surface area (Å²) < 4.78 is 19.5. The molecule has 0 fully saturated rings. The third-order valence-electron chi connectivity index (χ3n) is 3.81. The molecule has 1 heterocycles. The van der Waals surface area contributed by atoms with Gasteiger partial charge in [0.15, 0.2) is 5.82 Å². The van der Waals surface area contributed by atoms with Crippen molar-refractivity contribution in [3.63, 3.8) is 0 Å².